The molecule has 0 spiro atoms. The van der Waals surface area contributed by atoms with Gasteiger partial charge in [0.15, 0.2) is 0 Å². The van der Waals surface area contributed by atoms with Gasteiger partial charge in [-0.1, -0.05) is 60.8 Å². The highest BCUT2D eigenvalue weighted by atomic mass is 16.6. The third-order valence-corrected chi connectivity index (χ3v) is 4.68. The van der Waals surface area contributed by atoms with Gasteiger partial charge in [-0.15, -0.1) is 0 Å². The average Bonchev–Trinajstić information content (AvgIpc) is 2.66. The SMILES string of the molecule is COc1ccccc1CON=Cc1cccc(C2CCCCC2)c1. The molecule has 126 valence electrons. The topological polar surface area (TPSA) is 30.8 Å². The van der Waals surface area contributed by atoms with Crippen LogP contribution in [0.4, 0.5) is 0 Å². The van der Waals surface area contributed by atoms with E-state index in [-0.39, 0.29) is 0 Å². The smallest absolute Gasteiger partial charge is 0.145 e. The molecule has 3 heteroatoms. The quantitative estimate of drug-likeness (QED) is 0.534. The molecule has 0 unspecified atom stereocenters. The number of nitrogens with zero attached hydrogens (tertiary/aromatic N) is 1. The van der Waals surface area contributed by atoms with E-state index in [4.69, 9.17) is 9.57 Å². The van der Waals surface area contributed by atoms with Crippen LogP contribution >= 0.6 is 0 Å². The van der Waals surface area contributed by atoms with Gasteiger partial charge in [0.1, 0.15) is 12.4 Å². The summed E-state index contributed by atoms with van der Waals surface area (Å²) >= 11 is 0. The molecule has 1 aliphatic rings. The van der Waals surface area contributed by atoms with Crippen molar-refractivity contribution in [1.82, 2.24) is 0 Å². The lowest BCUT2D eigenvalue weighted by Crippen LogP contribution is -2.04. The van der Waals surface area contributed by atoms with E-state index in [9.17, 15) is 0 Å². The van der Waals surface area contributed by atoms with Crippen LogP contribution in [-0.4, -0.2) is 13.3 Å². The molecular weight excluding hydrogens is 298 g/mol. The van der Waals surface area contributed by atoms with Gasteiger partial charge in [-0.2, -0.15) is 0 Å². The Balaban J connectivity index is 1.58. The fourth-order valence-electron chi connectivity index (χ4n) is 3.36. The monoisotopic (exact) mass is 323 g/mol. The van der Waals surface area contributed by atoms with E-state index in [0.717, 1.165) is 16.9 Å². The van der Waals surface area contributed by atoms with Gasteiger partial charge < -0.3 is 9.57 Å². The minimum Gasteiger partial charge on any atom is -0.496 e. The highest BCUT2D eigenvalue weighted by molar-refractivity contribution is 5.79. The van der Waals surface area contributed by atoms with Gasteiger partial charge in [0, 0.05) is 5.56 Å². The maximum atomic E-state index is 5.44. The highest BCUT2D eigenvalue weighted by Gasteiger charge is 2.15. The fraction of sp³-hybridized carbons (Fsp3) is 0.381. The highest BCUT2D eigenvalue weighted by Crippen LogP contribution is 2.32. The number of oxime groups is 1. The van der Waals surface area contributed by atoms with Gasteiger partial charge >= 0.3 is 0 Å². The first-order valence-electron chi connectivity index (χ1n) is 8.74. The zero-order chi connectivity index (χ0) is 16.6. The van der Waals surface area contributed by atoms with E-state index < -0.39 is 0 Å². The van der Waals surface area contributed by atoms with Crippen LogP contribution in [0.25, 0.3) is 0 Å². The van der Waals surface area contributed by atoms with Crippen molar-refractivity contribution < 1.29 is 9.57 Å². The Hall–Kier alpha value is -2.29. The molecule has 0 atom stereocenters. The predicted octanol–water partition coefficient (Wildman–Crippen LogP) is 5.29. The number of methoxy groups -OCH3 is 1. The molecule has 3 rings (SSSR count). The summed E-state index contributed by atoms with van der Waals surface area (Å²) in [6.07, 6.45) is 8.50. The molecule has 1 fully saturated rings. The number of rotatable bonds is 6. The molecule has 24 heavy (non-hydrogen) atoms. The maximum absolute atomic E-state index is 5.44. The minimum absolute atomic E-state index is 0.406. The van der Waals surface area contributed by atoms with Gasteiger partial charge in [0.2, 0.25) is 0 Å². The Morgan fingerprint density at radius 2 is 1.88 bits per heavy atom. The summed E-state index contributed by atoms with van der Waals surface area (Å²) in [5.41, 5.74) is 3.52. The average molecular weight is 323 g/mol. The van der Waals surface area contributed by atoms with Crippen LogP contribution in [0.15, 0.2) is 53.7 Å². The van der Waals surface area contributed by atoms with Crippen molar-refractivity contribution in [1.29, 1.82) is 0 Å². The molecule has 2 aromatic carbocycles. The van der Waals surface area contributed by atoms with Gasteiger partial charge in [-0.3, -0.25) is 0 Å². The minimum atomic E-state index is 0.406. The van der Waals surface area contributed by atoms with E-state index in [2.05, 4.69) is 29.4 Å². The number of para-hydroxylation sites is 1. The third-order valence-electron chi connectivity index (χ3n) is 4.68. The van der Waals surface area contributed by atoms with Crippen LogP contribution in [0, 0.1) is 0 Å². The molecule has 0 aromatic heterocycles. The molecule has 1 saturated carbocycles. The first kappa shape index (κ1) is 16.6. The Kier molecular flexibility index (Phi) is 5.89. The first-order valence-corrected chi connectivity index (χ1v) is 8.74. The van der Waals surface area contributed by atoms with Gasteiger partial charge in [0.25, 0.3) is 0 Å². The summed E-state index contributed by atoms with van der Waals surface area (Å²) in [7, 11) is 1.67. The molecule has 0 radical (unpaired) electrons. The second-order valence-electron chi connectivity index (χ2n) is 6.32. The molecule has 1 aliphatic carbocycles. The van der Waals surface area contributed by atoms with Crippen molar-refractivity contribution in [2.24, 2.45) is 5.16 Å². The zero-order valence-corrected chi connectivity index (χ0v) is 14.3. The molecular formula is C21H25NO2. The van der Waals surface area contributed by atoms with Crippen LogP contribution in [0.1, 0.15) is 54.7 Å². The predicted molar refractivity (Wildman–Crippen MR) is 97.6 cm³/mol. The number of hydrogen-bond donors (Lipinski definition) is 0. The molecule has 0 amide bonds. The van der Waals surface area contributed by atoms with Crippen LogP contribution in [0.2, 0.25) is 0 Å². The van der Waals surface area contributed by atoms with Crippen molar-refractivity contribution in [3.05, 3.63) is 65.2 Å². The molecule has 3 nitrogen and oxygen atoms in total. The third kappa shape index (κ3) is 4.38. The zero-order valence-electron chi connectivity index (χ0n) is 14.3. The molecule has 2 aromatic rings. The summed E-state index contributed by atoms with van der Waals surface area (Å²) in [5.74, 6) is 1.54. The van der Waals surface area contributed by atoms with Crippen molar-refractivity contribution in [2.75, 3.05) is 7.11 Å². The number of benzene rings is 2. The van der Waals surface area contributed by atoms with E-state index in [1.165, 1.54) is 37.7 Å². The van der Waals surface area contributed by atoms with Gasteiger partial charge in [-0.05, 0) is 42.0 Å². The van der Waals surface area contributed by atoms with Crippen LogP contribution in [0.3, 0.4) is 0 Å². The van der Waals surface area contributed by atoms with Crippen LogP contribution in [0.5, 0.6) is 5.75 Å². The molecule has 0 heterocycles. The summed E-state index contributed by atoms with van der Waals surface area (Å²) < 4.78 is 5.31. The number of ether oxygens (including phenoxy) is 1. The van der Waals surface area contributed by atoms with E-state index in [0.29, 0.717) is 12.5 Å². The summed E-state index contributed by atoms with van der Waals surface area (Å²) in [6.45, 7) is 0.406. The van der Waals surface area contributed by atoms with Crippen molar-refractivity contribution in [3.8, 4) is 5.75 Å². The Labute approximate surface area is 144 Å². The number of hydrogen-bond acceptors (Lipinski definition) is 3. The van der Waals surface area contributed by atoms with Crippen molar-refractivity contribution in [3.63, 3.8) is 0 Å². The summed E-state index contributed by atoms with van der Waals surface area (Å²) in [4.78, 5) is 5.44. The molecule has 0 bridgehead atoms. The summed E-state index contributed by atoms with van der Waals surface area (Å²) in [5, 5.41) is 4.12. The lowest BCUT2D eigenvalue weighted by molar-refractivity contribution is 0.130. The van der Waals surface area contributed by atoms with Gasteiger partial charge in [-0.25, -0.2) is 0 Å². The normalized spacial score (nSPS) is 15.5. The lowest BCUT2D eigenvalue weighted by atomic mass is 9.84. The van der Waals surface area contributed by atoms with E-state index in [1.54, 1.807) is 13.3 Å². The van der Waals surface area contributed by atoms with Crippen molar-refractivity contribution >= 4 is 6.21 Å². The molecule has 0 saturated heterocycles. The first-order chi connectivity index (χ1) is 11.9. The lowest BCUT2D eigenvalue weighted by Gasteiger charge is -2.22. The standard InChI is InChI=1S/C21H25NO2/c1-23-21-13-6-5-11-20(21)16-24-22-15-17-8-7-12-19(14-17)18-9-3-2-4-10-18/h5-8,11-15,18H,2-4,9-10,16H2,1H3. The molecule has 0 aliphatic heterocycles. The summed E-state index contributed by atoms with van der Waals surface area (Å²) in [6, 6.07) is 16.5. The Morgan fingerprint density at radius 3 is 2.71 bits per heavy atom. The van der Waals surface area contributed by atoms with Crippen molar-refractivity contribution in [2.45, 2.75) is 44.6 Å². The maximum Gasteiger partial charge on any atom is 0.145 e. The van der Waals surface area contributed by atoms with Crippen LogP contribution < -0.4 is 4.74 Å². The Bertz CT molecular complexity index is 675. The fourth-order valence-corrected chi connectivity index (χ4v) is 3.36. The Morgan fingerprint density at radius 1 is 1.04 bits per heavy atom. The second kappa shape index (κ2) is 8.53. The van der Waals surface area contributed by atoms with E-state index in [1.807, 2.05) is 24.3 Å². The molecule has 0 N–H and O–H groups in total. The second-order valence-corrected chi connectivity index (χ2v) is 6.32. The van der Waals surface area contributed by atoms with Gasteiger partial charge in [0.05, 0.1) is 13.3 Å². The van der Waals surface area contributed by atoms with E-state index >= 15 is 0 Å². The van der Waals surface area contributed by atoms with Crippen LogP contribution in [-0.2, 0) is 11.4 Å². The largest absolute Gasteiger partial charge is 0.496 e.